The number of hydrogen-bond acceptors (Lipinski definition) is 5. The van der Waals surface area contributed by atoms with Gasteiger partial charge in [-0.25, -0.2) is 19.4 Å². The highest BCUT2D eigenvalue weighted by molar-refractivity contribution is 5.89. The fourth-order valence-electron chi connectivity index (χ4n) is 3.15. The van der Waals surface area contributed by atoms with E-state index in [-0.39, 0.29) is 12.1 Å². The van der Waals surface area contributed by atoms with Gasteiger partial charge in [-0.15, -0.1) is 0 Å². The Kier molecular flexibility index (Phi) is 4.92. The quantitative estimate of drug-likeness (QED) is 0.727. The molecule has 0 saturated heterocycles. The van der Waals surface area contributed by atoms with Crippen LogP contribution in [0.25, 0.3) is 0 Å². The summed E-state index contributed by atoms with van der Waals surface area (Å²) in [6, 6.07) is 10.7. The molecule has 3 aromatic rings. The van der Waals surface area contributed by atoms with E-state index in [0.717, 1.165) is 30.1 Å². The zero-order chi connectivity index (χ0) is 19.5. The summed E-state index contributed by atoms with van der Waals surface area (Å²) in [5.74, 6) is 2.94. The predicted molar refractivity (Wildman–Crippen MR) is 105 cm³/mol. The monoisotopic (exact) mass is 378 g/mol. The minimum Gasteiger partial charge on any atom is -0.439 e. The van der Waals surface area contributed by atoms with Crippen molar-refractivity contribution < 1.29 is 9.53 Å². The molecule has 1 atom stereocenters. The van der Waals surface area contributed by atoms with Crippen LogP contribution in [0.15, 0.2) is 42.6 Å². The Morgan fingerprint density at radius 3 is 2.75 bits per heavy atom. The largest absolute Gasteiger partial charge is 0.439 e. The molecule has 0 aliphatic carbocycles. The lowest BCUT2D eigenvalue weighted by atomic mass is 10.1. The maximum absolute atomic E-state index is 12.3. The number of ether oxygens (including phenoxy) is 1. The SMILES string of the molecule is Cc1ccc(Oc2ccc(NC(=O)NC3CCc4nc(C)nn4C3)cc2)nc1. The van der Waals surface area contributed by atoms with Crippen molar-refractivity contribution >= 4 is 11.7 Å². The molecule has 144 valence electrons. The summed E-state index contributed by atoms with van der Waals surface area (Å²) < 4.78 is 7.57. The molecular formula is C20H22N6O2. The van der Waals surface area contributed by atoms with Crippen molar-refractivity contribution in [1.29, 1.82) is 0 Å². The van der Waals surface area contributed by atoms with E-state index < -0.39 is 0 Å². The number of urea groups is 1. The summed E-state index contributed by atoms with van der Waals surface area (Å²) in [5.41, 5.74) is 1.76. The third-order valence-electron chi connectivity index (χ3n) is 4.52. The molecule has 1 aliphatic heterocycles. The number of carbonyl (C=O) groups is 1. The highest BCUT2D eigenvalue weighted by Crippen LogP contribution is 2.21. The normalized spacial score (nSPS) is 15.6. The van der Waals surface area contributed by atoms with Crippen molar-refractivity contribution in [1.82, 2.24) is 25.1 Å². The van der Waals surface area contributed by atoms with E-state index in [9.17, 15) is 4.79 Å². The number of aryl methyl sites for hydroxylation is 3. The van der Waals surface area contributed by atoms with Gasteiger partial charge in [0.1, 0.15) is 17.4 Å². The second-order valence-electron chi connectivity index (χ2n) is 6.89. The summed E-state index contributed by atoms with van der Waals surface area (Å²) in [4.78, 5) is 20.9. The number of rotatable bonds is 4. The second kappa shape index (κ2) is 7.67. The van der Waals surface area contributed by atoms with Crippen LogP contribution in [0, 0.1) is 13.8 Å². The van der Waals surface area contributed by atoms with Gasteiger partial charge >= 0.3 is 6.03 Å². The molecule has 0 bridgehead atoms. The summed E-state index contributed by atoms with van der Waals surface area (Å²) in [6.45, 7) is 4.49. The third-order valence-corrected chi connectivity index (χ3v) is 4.52. The molecule has 2 N–H and O–H groups in total. The van der Waals surface area contributed by atoms with Crippen molar-refractivity contribution in [3.8, 4) is 11.6 Å². The molecule has 2 amide bonds. The van der Waals surface area contributed by atoms with Gasteiger partial charge in [0.15, 0.2) is 0 Å². The minimum atomic E-state index is -0.237. The molecule has 0 spiro atoms. The highest BCUT2D eigenvalue weighted by atomic mass is 16.5. The Balaban J connectivity index is 1.30. The number of fused-ring (bicyclic) bond motifs is 1. The lowest BCUT2D eigenvalue weighted by Crippen LogP contribution is -2.43. The zero-order valence-electron chi connectivity index (χ0n) is 15.8. The molecule has 8 nitrogen and oxygen atoms in total. The van der Waals surface area contributed by atoms with Crippen LogP contribution in [0.5, 0.6) is 11.6 Å². The van der Waals surface area contributed by atoms with Crippen LogP contribution in [0.4, 0.5) is 10.5 Å². The molecule has 8 heteroatoms. The molecule has 1 aliphatic rings. The van der Waals surface area contributed by atoms with Crippen molar-refractivity contribution in [3.63, 3.8) is 0 Å². The number of benzene rings is 1. The van der Waals surface area contributed by atoms with Crippen LogP contribution >= 0.6 is 0 Å². The fourth-order valence-corrected chi connectivity index (χ4v) is 3.15. The summed E-state index contributed by atoms with van der Waals surface area (Å²) in [5, 5.41) is 10.2. The van der Waals surface area contributed by atoms with Gasteiger partial charge in [-0.1, -0.05) is 6.07 Å². The number of pyridine rings is 1. The molecule has 0 saturated carbocycles. The summed E-state index contributed by atoms with van der Waals surface area (Å²) >= 11 is 0. The smallest absolute Gasteiger partial charge is 0.319 e. The molecule has 4 rings (SSSR count). The third kappa shape index (κ3) is 4.28. The van der Waals surface area contributed by atoms with E-state index >= 15 is 0 Å². The average Bonchev–Trinajstić information content (AvgIpc) is 3.04. The van der Waals surface area contributed by atoms with Crippen molar-refractivity contribution in [2.75, 3.05) is 5.32 Å². The van der Waals surface area contributed by atoms with Crippen LogP contribution in [-0.2, 0) is 13.0 Å². The van der Waals surface area contributed by atoms with Gasteiger partial charge in [-0.3, -0.25) is 0 Å². The number of nitrogens with zero attached hydrogens (tertiary/aromatic N) is 4. The van der Waals surface area contributed by atoms with Gasteiger partial charge in [0.25, 0.3) is 0 Å². The second-order valence-corrected chi connectivity index (χ2v) is 6.89. The van der Waals surface area contributed by atoms with E-state index in [2.05, 4.69) is 25.7 Å². The number of hydrogen-bond donors (Lipinski definition) is 2. The molecule has 0 fully saturated rings. The maximum Gasteiger partial charge on any atom is 0.319 e. The van der Waals surface area contributed by atoms with Crippen LogP contribution in [0.1, 0.15) is 23.6 Å². The van der Waals surface area contributed by atoms with Gasteiger partial charge in [0.2, 0.25) is 5.88 Å². The van der Waals surface area contributed by atoms with Gasteiger partial charge in [0.05, 0.1) is 12.6 Å². The van der Waals surface area contributed by atoms with Gasteiger partial charge in [-0.05, 0) is 50.1 Å². The molecular weight excluding hydrogens is 356 g/mol. The molecule has 3 heterocycles. The lowest BCUT2D eigenvalue weighted by molar-refractivity contribution is 0.243. The Morgan fingerprint density at radius 2 is 2.00 bits per heavy atom. The Labute approximate surface area is 163 Å². The Morgan fingerprint density at radius 1 is 1.18 bits per heavy atom. The molecule has 0 radical (unpaired) electrons. The molecule has 1 unspecified atom stereocenters. The van der Waals surface area contributed by atoms with Crippen LogP contribution in [0.2, 0.25) is 0 Å². The number of amides is 2. The average molecular weight is 378 g/mol. The van der Waals surface area contributed by atoms with Crippen molar-refractivity contribution in [3.05, 3.63) is 59.8 Å². The molecule has 2 aromatic heterocycles. The number of carbonyl (C=O) groups excluding carboxylic acids is 1. The van der Waals surface area contributed by atoms with Gasteiger partial charge < -0.3 is 15.4 Å². The first kappa shape index (κ1) is 18.0. The minimum absolute atomic E-state index is 0.0313. The van der Waals surface area contributed by atoms with E-state index in [4.69, 9.17) is 4.74 Å². The van der Waals surface area contributed by atoms with Crippen LogP contribution in [0.3, 0.4) is 0 Å². The first-order valence-electron chi connectivity index (χ1n) is 9.23. The maximum atomic E-state index is 12.3. The van der Waals surface area contributed by atoms with E-state index in [1.165, 1.54) is 0 Å². The highest BCUT2D eigenvalue weighted by Gasteiger charge is 2.22. The lowest BCUT2D eigenvalue weighted by Gasteiger charge is -2.23. The van der Waals surface area contributed by atoms with Crippen LogP contribution < -0.4 is 15.4 Å². The molecule has 1 aromatic carbocycles. The Bertz CT molecular complexity index is 965. The van der Waals surface area contributed by atoms with E-state index in [1.54, 1.807) is 30.5 Å². The molecule has 28 heavy (non-hydrogen) atoms. The first-order valence-corrected chi connectivity index (χ1v) is 9.23. The predicted octanol–water partition coefficient (Wildman–Crippen LogP) is 3.22. The fraction of sp³-hybridized carbons (Fsp3) is 0.300. The summed E-state index contributed by atoms with van der Waals surface area (Å²) in [7, 11) is 0. The van der Waals surface area contributed by atoms with Gasteiger partial charge in [0, 0.05) is 24.4 Å². The van der Waals surface area contributed by atoms with Crippen LogP contribution in [-0.4, -0.2) is 31.8 Å². The number of anilines is 1. The first-order chi connectivity index (χ1) is 13.5. The van der Waals surface area contributed by atoms with Crippen molar-refractivity contribution in [2.45, 2.75) is 39.3 Å². The standard InChI is InChI=1S/C20H22N6O2/c1-13-3-10-19(21-11-13)28-17-7-4-15(5-8-17)23-20(27)24-16-6-9-18-22-14(2)25-26(18)12-16/h3-5,7-8,10-11,16H,6,9,12H2,1-2H3,(H2,23,24,27). The zero-order valence-corrected chi connectivity index (χ0v) is 15.8. The van der Waals surface area contributed by atoms with E-state index in [1.807, 2.05) is 30.7 Å². The Hall–Kier alpha value is -3.42. The summed E-state index contributed by atoms with van der Waals surface area (Å²) in [6.07, 6.45) is 3.41. The topological polar surface area (TPSA) is 94.0 Å². The van der Waals surface area contributed by atoms with Crippen molar-refractivity contribution in [2.24, 2.45) is 0 Å². The van der Waals surface area contributed by atoms with E-state index in [0.29, 0.717) is 23.9 Å². The number of aromatic nitrogens is 4. The van der Waals surface area contributed by atoms with Gasteiger partial charge in [-0.2, -0.15) is 5.10 Å². The number of nitrogens with one attached hydrogen (secondary N) is 2.